The number of hydrogen-bond acceptors (Lipinski definition) is 2. The maximum absolute atomic E-state index is 12.4. The van der Waals surface area contributed by atoms with Gasteiger partial charge in [-0.2, -0.15) is 12.7 Å². The second-order valence-electron chi connectivity index (χ2n) is 7.13. The van der Waals surface area contributed by atoms with Crippen molar-refractivity contribution in [3.63, 3.8) is 0 Å². The number of nitrogens with zero attached hydrogens (tertiary/aromatic N) is 1. The van der Waals surface area contributed by atoms with Crippen LogP contribution in [0.15, 0.2) is 0 Å². The first-order valence-corrected chi connectivity index (χ1v) is 10.2. The van der Waals surface area contributed by atoms with Crippen LogP contribution in [0.5, 0.6) is 0 Å². The van der Waals surface area contributed by atoms with Gasteiger partial charge in [0, 0.05) is 19.6 Å². The maximum Gasteiger partial charge on any atom is 0.279 e. The Morgan fingerprint density at radius 3 is 2.43 bits per heavy atom. The Balaban J connectivity index is 1.75. The van der Waals surface area contributed by atoms with Gasteiger partial charge < -0.3 is 0 Å². The standard InChI is InChI=1S/C16H32N2O2S/c1-14-7-6-8-15(13-14)11-12-17-21(19,20)18(2)16-9-4-3-5-10-16/h14-17H,3-13H2,1-2H3/t14-,15+/m1/s1. The molecule has 21 heavy (non-hydrogen) atoms. The van der Waals surface area contributed by atoms with Crippen molar-refractivity contribution in [1.82, 2.24) is 9.03 Å². The van der Waals surface area contributed by atoms with E-state index in [0.29, 0.717) is 12.5 Å². The molecule has 0 unspecified atom stereocenters. The van der Waals surface area contributed by atoms with Crippen molar-refractivity contribution in [2.24, 2.45) is 11.8 Å². The Bertz CT molecular complexity index is 405. The summed E-state index contributed by atoms with van der Waals surface area (Å²) in [6.07, 6.45) is 11.8. The lowest BCUT2D eigenvalue weighted by atomic mass is 9.81. The molecule has 1 N–H and O–H groups in total. The van der Waals surface area contributed by atoms with Gasteiger partial charge in [-0.3, -0.25) is 0 Å². The van der Waals surface area contributed by atoms with Crippen molar-refractivity contribution < 1.29 is 8.42 Å². The van der Waals surface area contributed by atoms with Crippen LogP contribution in [0, 0.1) is 11.8 Å². The molecule has 0 heterocycles. The molecule has 2 aliphatic carbocycles. The van der Waals surface area contributed by atoms with E-state index in [-0.39, 0.29) is 6.04 Å². The van der Waals surface area contributed by atoms with Crippen molar-refractivity contribution in [2.45, 2.75) is 77.2 Å². The highest BCUT2D eigenvalue weighted by atomic mass is 32.2. The zero-order valence-electron chi connectivity index (χ0n) is 13.7. The van der Waals surface area contributed by atoms with E-state index in [2.05, 4.69) is 11.6 Å². The third kappa shape index (κ3) is 5.22. The van der Waals surface area contributed by atoms with E-state index in [9.17, 15) is 8.42 Å². The summed E-state index contributed by atoms with van der Waals surface area (Å²) in [5.74, 6) is 1.52. The molecular formula is C16H32N2O2S. The monoisotopic (exact) mass is 316 g/mol. The number of hydrogen-bond donors (Lipinski definition) is 1. The van der Waals surface area contributed by atoms with Gasteiger partial charge >= 0.3 is 0 Å². The summed E-state index contributed by atoms with van der Waals surface area (Å²) in [4.78, 5) is 0. The molecule has 0 aromatic heterocycles. The molecule has 0 spiro atoms. The lowest BCUT2D eigenvalue weighted by Gasteiger charge is -2.31. The number of rotatable bonds is 6. The molecule has 0 aromatic rings. The zero-order valence-corrected chi connectivity index (χ0v) is 14.5. The lowest BCUT2D eigenvalue weighted by Crippen LogP contribution is -2.45. The van der Waals surface area contributed by atoms with Gasteiger partial charge in [0.2, 0.25) is 0 Å². The van der Waals surface area contributed by atoms with Crippen LogP contribution < -0.4 is 4.72 Å². The van der Waals surface area contributed by atoms with Crippen molar-refractivity contribution in [2.75, 3.05) is 13.6 Å². The van der Waals surface area contributed by atoms with Gasteiger partial charge in [-0.1, -0.05) is 45.4 Å². The first-order chi connectivity index (χ1) is 9.99. The number of nitrogens with one attached hydrogen (secondary N) is 1. The summed E-state index contributed by atoms with van der Waals surface area (Å²) in [6, 6.07) is 0.200. The largest absolute Gasteiger partial charge is 0.279 e. The van der Waals surface area contributed by atoms with E-state index in [1.165, 1.54) is 32.1 Å². The molecule has 5 heteroatoms. The molecule has 124 valence electrons. The molecule has 0 aromatic carbocycles. The Morgan fingerprint density at radius 1 is 1.05 bits per heavy atom. The second kappa shape index (κ2) is 7.93. The average Bonchev–Trinajstić information content (AvgIpc) is 2.47. The molecule has 0 bridgehead atoms. The van der Waals surface area contributed by atoms with E-state index in [1.807, 2.05) is 0 Å². The molecule has 2 aliphatic rings. The minimum atomic E-state index is -3.29. The van der Waals surface area contributed by atoms with Gasteiger partial charge in [-0.15, -0.1) is 0 Å². The van der Waals surface area contributed by atoms with Gasteiger partial charge in [0.15, 0.2) is 0 Å². The van der Waals surface area contributed by atoms with Gasteiger partial charge in [0.05, 0.1) is 0 Å². The normalized spacial score (nSPS) is 28.9. The summed E-state index contributed by atoms with van der Waals surface area (Å²) in [5.41, 5.74) is 0. The fraction of sp³-hybridized carbons (Fsp3) is 1.00. The fourth-order valence-corrected chi connectivity index (χ4v) is 5.14. The molecule has 2 atom stereocenters. The van der Waals surface area contributed by atoms with Gasteiger partial charge in [0.1, 0.15) is 0 Å². The minimum absolute atomic E-state index is 0.200. The summed E-state index contributed by atoms with van der Waals surface area (Å²) < 4.78 is 29.1. The molecule has 2 saturated carbocycles. The van der Waals surface area contributed by atoms with E-state index in [0.717, 1.165) is 38.0 Å². The molecule has 0 aliphatic heterocycles. The van der Waals surface area contributed by atoms with Crippen LogP contribution in [-0.2, 0) is 10.2 Å². The van der Waals surface area contributed by atoms with Crippen LogP contribution >= 0.6 is 0 Å². The van der Waals surface area contributed by atoms with Crippen molar-refractivity contribution in [3.05, 3.63) is 0 Å². The molecule has 0 radical (unpaired) electrons. The van der Waals surface area contributed by atoms with E-state index < -0.39 is 10.2 Å². The van der Waals surface area contributed by atoms with Gasteiger partial charge in [-0.05, 0) is 37.5 Å². The van der Waals surface area contributed by atoms with Crippen LogP contribution in [0.4, 0.5) is 0 Å². The predicted molar refractivity (Wildman–Crippen MR) is 87.3 cm³/mol. The van der Waals surface area contributed by atoms with Crippen molar-refractivity contribution in [1.29, 1.82) is 0 Å². The van der Waals surface area contributed by atoms with Gasteiger partial charge in [-0.25, -0.2) is 4.72 Å². The summed E-state index contributed by atoms with van der Waals surface area (Å²) in [6.45, 7) is 2.91. The topological polar surface area (TPSA) is 49.4 Å². The first kappa shape index (κ1) is 17.2. The van der Waals surface area contributed by atoms with E-state index in [1.54, 1.807) is 11.4 Å². The van der Waals surface area contributed by atoms with E-state index >= 15 is 0 Å². The molecular weight excluding hydrogens is 284 g/mol. The highest BCUT2D eigenvalue weighted by molar-refractivity contribution is 7.87. The van der Waals surface area contributed by atoms with Crippen LogP contribution in [0.25, 0.3) is 0 Å². The summed E-state index contributed by atoms with van der Waals surface area (Å²) in [5, 5.41) is 0. The first-order valence-electron chi connectivity index (χ1n) is 8.71. The zero-order chi connectivity index (χ0) is 15.3. The molecule has 0 amide bonds. The third-order valence-corrected chi connectivity index (χ3v) is 6.98. The Morgan fingerprint density at radius 2 is 1.76 bits per heavy atom. The Labute approximate surface area is 130 Å². The van der Waals surface area contributed by atoms with Crippen LogP contribution in [0.3, 0.4) is 0 Å². The molecule has 0 saturated heterocycles. The quantitative estimate of drug-likeness (QED) is 0.817. The highest BCUT2D eigenvalue weighted by Gasteiger charge is 2.27. The maximum atomic E-state index is 12.4. The third-order valence-electron chi connectivity index (χ3n) is 5.35. The fourth-order valence-electron chi connectivity index (χ4n) is 3.96. The van der Waals surface area contributed by atoms with Crippen molar-refractivity contribution in [3.8, 4) is 0 Å². The summed E-state index contributed by atoms with van der Waals surface area (Å²) in [7, 11) is -1.55. The average molecular weight is 317 g/mol. The molecule has 2 fully saturated rings. The van der Waals surface area contributed by atoms with Crippen LogP contribution in [-0.4, -0.2) is 32.4 Å². The lowest BCUT2D eigenvalue weighted by molar-refractivity contribution is 0.266. The van der Waals surface area contributed by atoms with Crippen molar-refractivity contribution >= 4 is 10.2 Å². The Hall–Kier alpha value is -0.130. The van der Waals surface area contributed by atoms with E-state index in [4.69, 9.17) is 0 Å². The minimum Gasteiger partial charge on any atom is -0.202 e. The Kier molecular flexibility index (Phi) is 6.51. The second-order valence-corrected chi connectivity index (χ2v) is 8.95. The van der Waals surface area contributed by atoms with Crippen LogP contribution in [0.2, 0.25) is 0 Å². The van der Waals surface area contributed by atoms with Crippen LogP contribution in [0.1, 0.15) is 71.1 Å². The predicted octanol–water partition coefficient (Wildman–Crippen LogP) is 3.30. The smallest absolute Gasteiger partial charge is 0.202 e. The molecule has 4 nitrogen and oxygen atoms in total. The van der Waals surface area contributed by atoms with Gasteiger partial charge in [0.25, 0.3) is 10.2 Å². The summed E-state index contributed by atoms with van der Waals surface area (Å²) >= 11 is 0. The SMILES string of the molecule is C[C@@H]1CCC[C@@H](CCNS(=O)(=O)N(C)C2CCCCC2)C1. The highest BCUT2D eigenvalue weighted by Crippen LogP contribution is 2.30. The molecule has 2 rings (SSSR count).